The maximum atomic E-state index is 11.2. The average molecular weight is 244 g/mol. The molecule has 2 N–H and O–H groups in total. The van der Waals surface area contributed by atoms with Crippen LogP contribution in [0.15, 0.2) is 36.7 Å². The van der Waals surface area contributed by atoms with Crippen LogP contribution in [-0.2, 0) is 0 Å². The van der Waals surface area contributed by atoms with Gasteiger partial charge in [0.2, 0.25) is 0 Å². The first-order valence-electron chi connectivity index (χ1n) is 4.95. The minimum absolute atomic E-state index is 0.485. The Bertz CT molecular complexity index is 667. The number of carbonyl (C=O) groups excluding carboxylic acids is 1. The van der Waals surface area contributed by atoms with Crippen LogP contribution >= 0.6 is 11.3 Å². The van der Waals surface area contributed by atoms with Crippen LogP contribution in [0.1, 0.15) is 0 Å². The molecule has 0 radical (unpaired) electrons. The molecule has 3 rings (SSSR count). The summed E-state index contributed by atoms with van der Waals surface area (Å²) in [5.74, 6) is 0.485. The van der Waals surface area contributed by atoms with Crippen molar-refractivity contribution in [3.05, 3.63) is 36.7 Å². The van der Waals surface area contributed by atoms with Crippen LogP contribution < -0.4 is 5.73 Å². The smallest absolute Gasteiger partial charge is 0.324 e. The van der Waals surface area contributed by atoms with Gasteiger partial charge < -0.3 is 5.73 Å². The van der Waals surface area contributed by atoms with Gasteiger partial charge in [-0.1, -0.05) is 12.1 Å². The molecule has 0 aliphatic carbocycles. The summed E-state index contributed by atoms with van der Waals surface area (Å²) in [6.45, 7) is 0. The number of carbonyl (C=O) groups is 1. The van der Waals surface area contributed by atoms with Crippen LogP contribution in [0.2, 0.25) is 0 Å². The molecule has 84 valence electrons. The van der Waals surface area contributed by atoms with Crippen molar-refractivity contribution in [1.29, 1.82) is 0 Å². The van der Waals surface area contributed by atoms with Crippen LogP contribution in [0, 0.1) is 0 Å². The summed E-state index contributed by atoms with van der Waals surface area (Å²) in [7, 11) is 0. The molecule has 0 atom stereocenters. The van der Waals surface area contributed by atoms with Crippen molar-refractivity contribution >= 4 is 27.6 Å². The van der Waals surface area contributed by atoms with E-state index in [1.165, 1.54) is 28.3 Å². The van der Waals surface area contributed by atoms with Gasteiger partial charge in [-0.2, -0.15) is 0 Å². The Hall–Kier alpha value is -2.21. The first kappa shape index (κ1) is 9.98. The largest absolute Gasteiger partial charge is 0.351 e. The summed E-state index contributed by atoms with van der Waals surface area (Å²) < 4.78 is 2.35. The lowest BCUT2D eigenvalue weighted by Crippen LogP contribution is -2.19. The third kappa shape index (κ3) is 1.58. The number of imidazole rings is 1. The molecule has 3 aromatic rings. The summed E-state index contributed by atoms with van der Waals surface area (Å²) >= 11 is 1.48. The summed E-state index contributed by atoms with van der Waals surface area (Å²) in [5.41, 5.74) is 6.15. The van der Waals surface area contributed by atoms with Crippen LogP contribution in [0.5, 0.6) is 0 Å². The van der Waals surface area contributed by atoms with E-state index in [1.54, 1.807) is 0 Å². The number of nitrogens with two attached hydrogens (primary N) is 1. The van der Waals surface area contributed by atoms with Gasteiger partial charge in [-0.25, -0.2) is 19.3 Å². The van der Waals surface area contributed by atoms with Crippen molar-refractivity contribution in [2.75, 3.05) is 0 Å². The fourth-order valence-electron chi connectivity index (χ4n) is 1.61. The van der Waals surface area contributed by atoms with Crippen molar-refractivity contribution in [2.24, 2.45) is 5.73 Å². The van der Waals surface area contributed by atoms with E-state index in [0.717, 1.165) is 10.2 Å². The van der Waals surface area contributed by atoms with Crippen LogP contribution in [0.25, 0.3) is 21.0 Å². The van der Waals surface area contributed by atoms with Gasteiger partial charge in [0.25, 0.3) is 0 Å². The molecule has 0 spiro atoms. The van der Waals surface area contributed by atoms with Crippen LogP contribution in [0.3, 0.4) is 0 Å². The molecule has 0 fully saturated rings. The predicted octanol–water partition coefficient (Wildman–Crippen LogP) is 2.09. The molecule has 17 heavy (non-hydrogen) atoms. The molecule has 0 saturated carbocycles. The van der Waals surface area contributed by atoms with Gasteiger partial charge in [-0.15, -0.1) is 11.3 Å². The number of para-hydroxylation sites is 1. The van der Waals surface area contributed by atoms with E-state index < -0.39 is 6.03 Å². The number of benzene rings is 1. The zero-order chi connectivity index (χ0) is 11.8. The van der Waals surface area contributed by atoms with Gasteiger partial charge in [-0.05, 0) is 12.1 Å². The number of hydrogen-bond donors (Lipinski definition) is 1. The highest BCUT2D eigenvalue weighted by molar-refractivity contribution is 7.21. The number of fused-ring (bicyclic) bond motifs is 1. The van der Waals surface area contributed by atoms with Gasteiger partial charge in [0, 0.05) is 12.4 Å². The van der Waals surface area contributed by atoms with E-state index in [0.29, 0.717) is 10.8 Å². The maximum Gasteiger partial charge on any atom is 0.324 e. The second-order valence-corrected chi connectivity index (χ2v) is 4.48. The van der Waals surface area contributed by atoms with Crippen molar-refractivity contribution in [3.63, 3.8) is 0 Å². The fraction of sp³-hybridized carbons (Fsp3) is 0. The monoisotopic (exact) mass is 244 g/mol. The third-order valence-electron chi connectivity index (χ3n) is 2.36. The van der Waals surface area contributed by atoms with Crippen molar-refractivity contribution in [3.8, 4) is 10.8 Å². The second-order valence-electron chi connectivity index (χ2n) is 3.45. The number of primary amides is 1. The number of nitrogens with zero attached hydrogens (tertiary/aromatic N) is 3. The first-order chi connectivity index (χ1) is 8.25. The molecular formula is C11H8N4OS. The van der Waals surface area contributed by atoms with E-state index >= 15 is 0 Å². The minimum atomic E-state index is -0.559. The van der Waals surface area contributed by atoms with Crippen LogP contribution in [0.4, 0.5) is 4.79 Å². The Morgan fingerprint density at radius 3 is 2.94 bits per heavy atom. The number of hydrogen-bond acceptors (Lipinski definition) is 4. The lowest BCUT2D eigenvalue weighted by atomic mass is 10.3. The zero-order valence-corrected chi connectivity index (χ0v) is 9.52. The van der Waals surface area contributed by atoms with E-state index in [-0.39, 0.29) is 0 Å². The van der Waals surface area contributed by atoms with E-state index in [9.17, 15) is 4.79 Å². The molecular weight excluding hydrogens is 236 g/mol. The highest BCUT2D eigenvalue weighted by Crippen LogP contribution is 2.28. The van der Waals surface area contributed by atoms with Crippen molar-refractivity contribution in [2.45, 2.75) is 0 Å². The molecule has 0 saturated heterocycles. The number of amides is 1. The molecule has 0 unspecified atom stereocenters. The fourth-order valence-corrected chi connectivity index (χ4v) is 2.57. The minimum Gasteiger partial charge on any atom is -0.351 e. The topological polar surface area (TPSA) is 73.8 Å². The normalized spacial score (nSPS) is 10.8. The number of aromatic nitrogens is 3. The molecule has 0 aliphatic rings. The molecule has 0 aliphatic heterocycles. The highest BCUT2D eigenvalue weighted by Gasteiger charge is 2.13. The second kappa shape index (κ2) is 3.67. The van der Waals surface area contributed by atoms with Gasteiger partial charge in [0.05, 0.1) is 10.2 Å². The molecule has 2 aromatic heterocycles. The van der Waals surface area contributed by atoms with E-state index in [4.69, 9.17) is 5.73 Å². The average Bonchev–Trinajstić information content (AvgIpc) is 2.95. The summed E-state index contributed by atoms with van der Waals surface area (Å²) in [6, 6.07) is 7.22. The first-order valence-corrected chi connectivity index (χ1v) is 5.76. The molecule has 0 bridgehead atoms. The Labute approximate surface area is 101 Å². The molecule has 2 heterocycles. The van der Waals surface area contributed by atoms with Gasteiger partial charge in [-0.3, -0.25) is 0 Å². The van der Waals surface area contributed by atoms with Gasteiger partial charge >= 0.3 is 6.03 Å². The molecule has 6 heteroatoms. The zero-order valence-electron chi connectivity index (χ0n) is 8.70. The lowest BCUT2D eigenvalue weighted by molar-refractivity contribution is 0.250. The van der Waals surface area contributed by atoms with Crippen molar-refractivity contribution < 1.29 is 4.79 Å². The number of rotatable bonds is 1. The van der Waals surface area contributed by atoms with Crippen molar-refractivity contribution in [1.82, 2.24) is 14.5 Å². The quantitative estimate of drug-likeness (QED) is 0.712. The molecule has 1 aromatic carbocycles. The van der Waals surface area contributed by atoms with Gasteiger partial charge in [0.1, 0.15) is 0 Å². The van der Waals surface area contributed by atoms with E-state index in [2.05, 4.69) is 9.97 Å². The van der Waals surface area contributed by atoms with E-state index in [1.807, 2.05) is 24.3 Å². The Morgan fingerprint density at radius 1 is 1.35 bits per heavy atom. The van der Waals surface area contributed by atoms with Crippen LogP contribution in [-0.4, -0.2) is 20.6 Å². The lowest BCUT2D eigenvalue weighted by Gasteiger charge is -1.98. The standard InChI is InChI=1S/C11H8N4OS/c12-11(16)15-6-5-13-9(15)10-14-7-3-1-2-4-8(7)17-10/h1-6H,(H2,12,16). The predicted molar refractivity (Wildman–Crippen MR) is 65.8 cm³/mol. The highest BCUT2D eigenvalue weighted by atomic mass is 32.1. The molecule has 5 nitrogen and oxygen atoms in total. The molecule has 1 amide bonds. The van der Waals surface area contributed by atoms with Gasteiger partial charge in [0.15, 0.2) is 10.8 Å². The Morgan fingerprint density at radius 2 is 2.18 bits per heavy atom. The Kier molecular flexibility index (Phi) is 2.15. The number of thiazole rings is 1. The maximum absolute atomic E-state index is 11.2. The third-order valence-corrected chi connectivity index (χ3v) is 3.40. The summed E-state index contributed by atoms with van der Waals surface area (Å²) in [4.78, 5) is 19.7. The Balaban J connectivity index is 2.20. The SMILES string of the molecule is NC(=O)n1ccnc1-c1nc2ccccc2s1. The summed E-state index contributed by atoms with van der Waals surface area (Å²) in [6.07, 6.45) is 3.07. The summed E-state index contributed by atoms with van der Waals surface area (Å²) in [5, 5.41) is 0.690.